The quantitative estimate of drug-likeness (QED) is 0.633. The van der Waals surface area contributed by atoms with Crippen molar-refractivity contribution in [1.82, 2.24) is 14.5 Å². The molecule has 1 aromatic rings. The van der Waals surface area contributed by atoms with E-state index in [9.17, 15) is 13.2 Å². The van der Waals surface area contributed by atoms with Crippen LogP contribution < -0.4 is 5.32 Å². The first-order chi connectivity index (χ1) is 12.3. The number of unbranched alkanes of at least 4 members (excludes halogenated alkanes) is 1. The molecule has 1 aliphatic heterocycles. The fourth-order valence-corrected chi connectivity index (χ4v) is 4.64. The molecule has 1 heterocycles. The number of rotatable bonds is 8. The Labute approximate surface area is 180 Å². The van der Waals surface area contributed by atoms with E-state index in [4.69, 9.17) is 5.41 Å². The zero-order valence-corrected chi connectivity index (χ0v) is 18.9. The fourth-order valence-electron chi connectivity index (χ4n) is 3.05. The van der Waals surface area contributed by atoms with Crippen LogP contribution in [0.1, 0.15) is 39.2 Å². The zero-order chi connectivity index (χ0) is 19.3. The summed E-state index contributed by atoms with van der Waals surface area (Å²) in [5, 5.41) is 11.0. The molecule has 0 saturated carbocycles. The largest absolute Gasteiger partial charge is 0.356 e. The van der Waals surface area contributed by atoms with Crippen molar-refractivity contribution >= 4 is 46.7 Å². The van der Waals surface area contributed by atoms with Gasteiger partial charge in [-0.1, -0.05) is 25.5 Å². The summed E-state index contributed by atoms with van der Waals surface area (Å²) >= 11 is 0. The number of guanidine groups is 1. The molecule has 1 unspecified atom stereocenters. The van der Waals surface area contributed by atoms with Crippen molar-refractivity contribution in [2.75, 3.05) is 19.6 Å². The van der Waals surface area contributed by atoms with E-state index in [1.807, 2.05) is 11.8 Å². The molecule has 1 fully saturated rings. The van der Waals surface area contributed by atoms with Crippen molar-refractivity contribution in [3.05, 3.63) is 29.8 Å². The second-order valence-electron chi connectivity index (χ2n) is 6.65. The van der Waals surface area contributed by atoms with Crippen molar-refractivity contribution in [2.24, 2.45) is 0 Å². The van der Waals surface area contributed by atoms with Crippen LogP contribution in [0.3, 0.4) is 0 Å². The second-order valence-corrected chi connectivity index (χ2v) is 8.46. The molecule has 10 heteroatoms. The van der Waals surface area contributed by atoms with Crippen LogP contribution in [0.25, 0.3) is 0 Å². The Balaban J connectivity index is 0.00000364. The Morgan fingerprint density at radius 1 is 1.25 bits per heavy atom. The molecule has 1 atom stereocenters. The maximum Gasteiger partial charge on any atom is 0.266 e. The monoisotopic (exact) mass is 452 g/mol. The summed E-state index contributed by atoms with van der Waals surface area (Å²) in [5.41, 5.74) is 0.951. The van der Waals surface area contributed by atoms with Crippen LogP contribution in [0.5, 0.6) is 0 Å². The van der Waals surface area contributed by atoms with Gasteiger partial charge >= 0.3 is 0 Å². The summed E-state index contributed by atoms with van der Waals surface area (Å²) < 4.78 is 27.2. The minimum Gasteiger partial charge on any atom is -0.356 e. The maximum atomic E-state index is 13.0. The average molecular weight is 453 g/mol. The van der Waals surface area contributed by atoms with Gasteiger partial charge in [0.05, 0.1) is 10.9 Å². The zero-order valence-electron chi connectivity index (χ0n) is 16.5. The number of nitrogens with one attached hydrogen (secondary N) is 2. The van der Waals surface area contributed by atoms with Crippen LogP contribution in [0.15, 0.2) is 29.2 Å². The van der Waals surface area contributed by atoms with Crippen LogP contribution >= 0.6 is 24.8 Å². The lowest BCUT2D eigenvalue weighted by Gasteiger charge is -2.23. The van der Waals surface area contributed by atoms with E-state index >= 15 is 0 Å². The van der Waals surface area contributed by atoms with Crippen molar-refractivity contribution in [3.8, 4) is 0 Å². The van der Waals surface area contributed by atoms with Crippen LogP contribution in [0.4, 0.5) is 0 Å². The Kier molecular flexibility index (Phi) is 10.9. The van der Waals surface area contributed by atoms with Crippen molar-refractivity contribution in [2.45, 2.75) is 51.0 Å². The minimum absolute atomic E-state index is 0. The van der Waals surface area contributed by atoms with Crippen LogP contribution in [0, 0.1) is 5.41 Å². The van der Waals surface area contributed by atoms with Crippen LogP contribution in [-0.2, 0) is 21.2 Å². The van der Waals surface area contributed by atoms with Gasteiger partial charge in [-0.25, -0.2) is 12.7 Å². The molecule has 0 bridgehead atoms. The first-order valence-electron chi connectivity index (χ1n) is 8.98. The van der Waals surface area contributed by atoms with E-state index in [2.05, 4.69) is 12.2 Å². The molecule has 0 radical (unpaired) electrons. The van der Waals surface area contributed by atoms with E-state index in [1.54, 1.807) is 24.3 Å². The van der Waals surface area contributed by atoms with Crippen molar-refractivity contribution in [1.29, 1.82) is 5.41 Å². The Bertz CT molecular complexity index is 757. The van der Waals surface area contributed by atoms with E-state index in [0.717, 1.165) is 18.4 Å². The Morgan fingerprint density at radius 2 is 1.86 bits per heavy atom. The first-order valence-corrected chi connectivity index (χ1v) is 10.4. The smallest absolute Gasteiger partial charge is 0.266 e. The van der Waals surface area contributed by atoms with Gasteiger partial charge in [0.1, 0.15) is 0 Å². The molecule has 1 aromatic carbocycles. The summed E-state index contributed by atoms with van der Waals surface area (Å²) in [4.78, 5) is 12.9. The number of sulfonamides is 1. The molecular weight excluding hydrogens is 423 g/mol. The van der Waals surface area contributed by atoms with Crippen molar-refractivity contribution in [3.63, 3.8) is 0 Å². The lowest BCUT2D eigenvalue weighted by Crippen LogP contribution is -2.39. The molecule has 1 aliphatic rings. The number of hydrogen-bond donors (Lipinski definition) is 2. The van der Waals surface area contributed by atoms with Gasteiger partial charge in [0.15, 0.2) is 0 Å². The third-order valence-electron chi connectivity index (χ3n) is 4.44. The third-order valence-corrected chi connectivity index (χ3v) is 6.36. The molecule has 160 valence electrons. The highest BCUT2D eigenvalue weighted by atomic mass is 35.5. The van der Waals surface area contributed by atoms with Gasteiger partial charge in [-0.2, -0.15) is 0 Å². The van der Waals surface area contributed by atoms with Gasteiger partial charge in [-0.15, -0.1) is 24.8 Å². The van der Waals surface area contributed by atoms with E-state index in [1.165, 1.54) is 11.2 Å². The summed E-state index contributed by atoms with van der Waals surface area (Å²) in [5.74, 6) is -0.0287. The van der Waals surface area contributed by atoms with Gasteiger partial charge in [0.25, 0.3) is 10.0 Å². The number of carbonyl (C=O) groups excluding carboxylic acids is 1. The average Bonchev–Trinajstić information content (AvgIpc) is 2.87. The molecule has 0 spiro atoms. The number of halogens is 2. The fraction of sp³-hybridized carbons (Fsp3) is 0.556. The number of hydrogen-bond acceptors (Lipinski definition) is 4. The first kappa shape index (κ1) is 26.5. The Morgan fingerprint density at radius 3 is 2.39 bits per heavy atom. The topological polar surface area (TPSA) is 93.6 Å². The molecule has 2 rings (SSSR count). The second kappa shape index (κ2) is 11.5. The predicted octanol–water partition coefficient (Wildman–Crippen LogP) is 2.64. The van der Waals surface area contributed by atoms with Gasteiger partial charge in [-0.3, -0.25) is 10.2 Å². The summed E-state index contributed by atoms with van der Waals surface area (Å²) in [6.07, 6.45) is 2.58. The SMILES string of the molecule is CCCCN1CC(C)N(S(=O)(=O)c2ccc(CCNC(C)=O)cc2)C1=N.Cl.Cl. The summed E-state index contributed by atoms with van der Waals surface area (Å²) in [7, 11) is -3.75. The lowest BCUT2D eigenvalue weighted by molar-refractivity contribution is -0.118. The van der Waals surface area contributed by atoms with E-state index in [0.29, 0.717) is 26.1 Å². The Hall–Kier alpha value is -1.51. The van der Waals surface area contributed by atoms with Crippen LogP contribution in [-0.4, -0.2) is 55.2 Å². The number of benzene rings is 1. The molecular formula is C18H30Cl2N4O3S. The molecule has 28 heavy (non-hydrogen) atoms. The summed E-state index contributed by atoms with van der Waals surface area (Å²) in [6, 6.07) is 6.41. The molecule has 0 aromatic heterocycles. The lowest BCUT2D eigenvalue weighted by atomic mass is 10.1. The van der Waals surface area contributed by atoms with Gasteiger partial charge in [0, 0.05) is 26.6 Å². The van der Waals surface area contributed by atoms with Crippen LogP contribution in [0.2, 0.25) is 0 Å². The van der Waals surface area contributed by atoms with Gasteiger partial charge in [0.2, 0.25) is 11.9 Å². The highest BCUT2D eigenvalue weighted by Gasteiger charge is 2.40. The predicted molar refractivity (Wildman–Crippen MR) is 116 cm³/mol. The normalized spacial score (nSPS) is 16.4. The van der Waals surface area contributed by atoms with E-state index < -0.39 is 10.0 Å². The highest BCUT2D eigenvalue weighted by molar-refractivity contribution is 7.89. The maximum absolute atomic E-state index is 13.0. The highest BCUT2D eigenvalue weighted by Crippen LogP contribution is 2.25. The number of amides is 1. The molecule has 0 aliphatic carbocycles. The van der Waals surface area contributed by atoms with Gasteiger partial charge < -0.3 is 10.2 Å². The molecule has 2 N–H and O–H groups in total. The minimum atomic E-state index is -3.75. The standard InChI is InChI=1S/C18H28N4O3S.2ClH/c1-4-5-12-21-13-14(2)22(18(21)19)26(24,25)17-8-6-16(7-9-17)10-11-20-15(3)23;;/h6-9,14,19H,4-5,10-13H2,1-3H3,(H,20,23);2*1H. The number of nitrogens with zero attached hydrogens (tertiary/aromatic N) is 2. The van der Waals surface area contributed by atoms with Gasteiger partial charge in [-0.05, 0) is 37.5 Å². The molecule has 1 saturated heterocycles. The van der Waals surface area contributed by atoms with Crippen molar-refractivity contribution < 1.29 is 13.2 Å². The van der Waals surface area contributed by atoms with E-state index in [-0.39, 0.29) is 47.6 Å². The molecule has 7 nitrogen and oxygen atoms in total. The molecule has 1 amide bonds. The number of carbonyl (C=O) groups is 1. The summed E-state index contributed by atoms with van der Waals surface area (Å²) in [6.45, 7) is 7.14. The third kappa shape index (κ3) is 6.25.